The summed E-state index contributed by atoms with van der Waals surface area (Å²) in [6.45, 7) is 2.80. The number of hydrogen-bond acceptors (Lipinski definition) is 3. The molecule has 0 aliphatic carbocycles. The first-order valence-electron chi connectivity index (χ1n) is 6.58. The Labute approximate surface area is 118 Å². The lowest BCUT2D eigenvalue weighted by atomic mass is 10.1. The minimum atomic E-state index is -0.318. The summed E-state index contributed by atoms with van der Waals surface area (Å²) in [6.07, 6.45) is 0.654. The van der Waals surface area contributed by atoms with Gasteiger partial charge >= 0.3 is 0 Å². The topological polar surface area (TPSA) is 46.4 Å². The van der Waals surface area contributed by atoms with Crippen LogP contribution in [0.1, 0.15) is 11.1 Å². The number of rotatable bonds is 5. The van der Waals surface area contributed by atoms with Gasteiger partial charge in [0.1, 0.15) is 0 Å². The molecule has 0 unspecified atom stereocenters. The first kappa shape index (κ1) is 14.1. The number of benzene rings is 2. The molecule has 0 aliphatic heterocycles. The van der Waals surface area contributed by atoms with Gasteiger partial charge in [0.2, 0.25) is 0 Å². The Morgan fingerprint density at radius 3 is 2.40 bits per heavy atom. The van der Waals surface area contributed by atoms with Crippen molar-refractivity contribution in [3.05, 3.63) is 69.8 Å². The summed E-state index contributed by atoms with van der Waals surface area (Å²) in [5.74, 6) is 0. The molecular weight excluding hydrogens is 252 g/mol. The van der Waals surface area contributed by atoms with Crippen molar-refractivity contribution in [3.63, 3.8) is 0 Å². The average Bonchev–Trinajstić information content (AvgIpc) is 2.45. The highest BCUT2D eigenvalue weighted by Crippen LogP contribution is 2.19. The van der Waals surface area contributed by atoms with E-state index in [9.17, 15) is 10.1 Å². The molecule has 20 heavy (non-hydrogen) atoms. The van der Waals surface area contributed by atoms with Gasteiger partial charge in [0.15, 0.2) is 0 Å². The molecule has 0 atom stereocenters. The van der Waals surface area contributed by atoms with Crippen molar-refractivity contribution >= 4 is 11.4 Å². The summed E-state index contributed by atoms with van der Waals surface area (Å²) in [7, 11) is 2.00. The van der Waals surface area contributed by atoms with Crippen LogP contribution in [0.4, 0.5) is 11.4 Å². The number of para-hydroxylation sites is 1. The lowest BCUT2D eigenvalue weighted by Crippen LogP contribution is -2.20. The van der Waals surface area contributed by atoms with Crippen molar-refractivity contribution in [2.75, 3.05) is 18.5 Å². The number of hydrogen-bond donors (Lipinski definition) is 0. The van der Waals surface area contributed by atoms with E-state index in [1.807, 2.05) is 19.2 Å². The molecule has 2 rings (SSSR count). The summed E-state index contributed by atoms with van der Waals surface area (Å²) in [4.78, 5) is 12.8. The van der Waals surface area contributed by atoms with Gasteiger partial charge in [0.25, 0.3) is 5.69 Å². The fraction of sp³-hybridized carbons (Fsp3) is 0.250. The van der Waals surface area contributed by atoms with Crippen molar-refractivity contribution in [3.8, 4) is 0 Å². The second kappa shape index (κ2) is 6.19. The molecule has 0 aromatic heterocycles. The van der Waals surface area contributed by atoms with Gasteiger partial charge in [-0.1, -0.05) is 35.9 Å². The molecule has 0 bridgehead atoms. The fourth-order valence-electron chi connectivity index (χ4n) is 2.12. The molecule has 2 aromatic rings. The third kappa shape index (κ3) is 3.35. The third-order valence-electron chi connectivity index (χ3n) is 3.38. The van der Waals surface area contributed by atoms with Crippen LogP contribution in [0.5, 0.6) is 0 Å². The maximum atomic E-state index is 11.0. The van der Waals surface area contributed by atoms with Crippen LogP contribution in [0.25, 0.3) is 0 Å². The number of anilines is 1. The molecule has 0 N–H and O–H groups in total. The molecule has 0 radical (unpaired) electrons. The van der Waals surface area contributed by atoms with Crippen molar-refractivity contribution in [1.82, 2.24) is 0 Å². The van der Waals surface area contributed by atoms with Crippen LogP contribution >= 0.6 is 0 Å². The van der Waals surface area contributed by atoms with E-state index in [1.165, 1.54) is 5.56 Å². The normalized spacial score (nSPS) is 10.3. The summed E-state index contributed by atoms with van der Waals surface area (Å²) < 4.78 is 0. The lowest BCUT2D eigenvalue weighted by molar-refractivity contribution is -0.385. The van der Waals surface area contributed by atoms with Crippen molar-refractivity contribution in [2.45, 2.75) is 13.3 Å². The van der Waals surface area contributed by atoms with Crippen LogP contribution in [-0.4, -0.2) is 18.5 Å². The minimum Gasteiger partial charge on any atom is -0.374 e. The predicted molar refractivity (Wildman–Crippen MR) is 81.2 cm³/mol. The zero-order valence-electron chi connectivity index (χ0n) is 11.7. The van der Waals surface area contributed by atoms with E-state index >= 15 is 0 Å². The third-order valence-corrected chi connectivity index (χ3v) is 3.38. The molecule has 104 valence electrons. The van der Waals surface area contributed by atoms with Gasteiger partial charge < -0.3 is 4.90 Å². The van der Waals surface area contributed by atoms with E-state index in [0.717, 1.165) is 17.8 Å². The summed E-state index contributed by atoms with van der Waals surface area (Å²) in [5.41, 5.74) is 3.32. The summed E-state index contributed by atoms with van der Waals surface area (Å²) >= 11 is 0. The number of nitro groups is 1. The van der Waals surface area contributed by atoms with E-state index in [4.69, 9.17) is 0 Å². The Morgan fingerprint density at radius 2 is 1.75 bits per heavy atom. The molecule has 2 aromatic carbocycles. The largest absolute Gasteiger partial charge is 0.374 e. The van der Waals surface area contributed by atoms with Gasteiger partial charge in [0.05, 0.1) is 4.92 Å². The van der Waals surface area contributed by atoms with Crippen LogP contribution in [0.2, 0.25) is 0 Å². The molecule has 4 nitrogen and oxygen atoms in total. The lowest BCUT2D eigenvalue weighted by Gasteiger charge is -2.19. The van der Waals surface area contributed by atoms with E-state index in [1.54, 1.807) is 12.1 Å². The van der Waals surface area contributed by atoms with Gasteiger partial charge in [-0.15, -0.1) is 0 Å². The van der Waals surface area contributed by atoms with Crippen LogP contribution < -0.4 is 4.90 Å². The van der Waals surface area contributed by atoms with Crippen molar-refractivity contribution in [1.29, 1.82) is 0 Å². The van der Waals surface area contributed by atoms with Gasteiger partial charge in [-0.25, -0.2) is 0 Å². The van der Waals surface area contributed by atoms with Crippen molar-refractivity contribution < 1.29 is 4.92 Å². The Balaban J connectivity index is 2.05. The molecular formula is C16H18N2O2. The standard InChI is InChI=1S/C16H18N2O2/c1-13-7-9-15(10-8-13)17(2)12-11-14-5-3-4-6-16(14)18(19)20/h3-10H,11-12H2,1-2H3. The van der Waals surface area contributed by atoms with Gasteiger partial charge in [-0.3, -0.25) is 10.1 Å². The molecule has 0 spiro atoms. The first-order chi connectivity index (χ1) is 9.58. The van der Waals surface area contributed by atoms with E-state index in [2.05, 4.69) is 36.1 Å². The maximum Gasteiger partial charge on any atom is 0.272 e. The summed E-state index contributed by atoms with van der Waals surface area (Å²) in [5, 5.41) is 11.0. The van der Waals surface area contributed by atoms with E-state index < -0.39 is 0 Å². The Hall–Kier alpha value is -2.36. The van der Waals surface area contributed by atoms with Gasteiger partial charge in [-0.2, -0.15) is 0 Å². The zero-order valence-corrected chi connectivity index (χ0v) is 11.7. The smallest absolute Gasteiger partial charge is 0.272 e. The van der Waals surface area contributed by atoms with E-state index in [-0.39, 0.29) is 10.6 Å². The number of aryl methyl sites for hydroxylation is 1. The quantitative estimate of drug-likeness (QED) is 0.616. The maximum absolute atomic E-state index is 11.0. The Kier molecular flexibility index (Phi) is 4.35. The number of nitro benzene ring substituents is 1. The zero-order chi connectivity index (χ0) is 14.5. The van der Waals surface area contributed by atoms with Gasteiger partial charge in [0, 0.05) is 30.9 Å². The Bertz CT molecular complexity index is 594. The highest BCUT2D eigenvalue weighted by molar-refractivity contribution is 5.47. The first-order valence-corrected chi connectivity index (χ1v) is 6.58. The highest BCUT2D eigenvalue weighted by Gasteiger charge is 2.12. The van der Waals surface area contributed by atoms with Crippen LogP contribution in [0.3, 0.4) is 0 Å². The van der Waals surface area contributed by atoms with Crippen LogP contribution in [-0.2, 0) is 6.42 Å². The van der Waals surface area contributed by atoms with Crippen molar-refractivity contribution in [2.24, 2.45) is 0 Å². The molecule has 0 aliphatic rings. The molecule has 0 fully saturated rings. The van der Waals surface area contributed by atoms with E-state index in [0.29, 0.717) is 6.42 Å². The molecule has 4 heteroatoms. The highest BCUT2D eigenvalue weighted by atomic mass is 16.6. The SMILES string of the molecule is Cc1ccc(N(C)CCc2ccccc2[N+](=O)[O-])cc1. The Morgan fingerprint density at radius 1 is 1.10 bits per heavy atom. The second-order valence-corrected chi connectivity index (χ2v) is 4.89. The molecule has 0 amide bonds. The predicted octanol–water partition coefficient (Wildman–Crippen LogP) is 3.58. The van der Waals surface area contributed by atoms with Crippen LogP contribution in [0, 0.1) is 17.0 Å². The molecule has 0 saturated heterocycles. The molecule has 0 saturated carbocycles. The number of likely N-dealkylation sites (N-methyl/N-ethyl adjacent to an activating group) is 1. The average molecular weight is 270 g/mol. The summed E-state index contributed by atoms with van der Waals surface area (Å²) in [6, 6.07) is 15.2. The second-order valence-electron chi connectivity index (χ2n) is 4.89. The molecule has 0 heterocycles. The fourth-order valence-corrected chi connectivity index (χ4v) is 2.12. The van der Waals surface area contributed by atoms with Crippen LogP contribution in [0.15, 0.2) is 48.5 Å². The number of nitrogens with zero attached hydrogens (tertiary/aromatic N) is 2. The van der Waals surface area contributed by atoms with Gasteiger partial charge in [-0.05, 0) is 25.5 Å². The minimum absolute atomic E-state index is 0.199. The monoisotopic (exact) mass is 270 g/mol.